The first-order valence-corrected chi connectivity index (χ1v) is 1.38. The maximum atomic E-state index is 9.54. The fourth-order valence-corrected chi connectivity index (χ4v) is 0. The first-order valence-electron chi connectivity index (χ1n) is 1.38. The van der Waals surface area contributed by atoms with Crippen molar-refractivity contribution in [1.29, 1.82) is 0 Å². The molecule has 34 valence electrons. The molecule has 3 heteroatoms. The minimum atomic E-state index is -1.38. The quantitative estimate of drug-likeness (QED) is 0.357. The first kappa shape index (κ1) is 5.14. The molecule has 0 aromatic carbocycles. The van der Waals surface area contributed by atoms with Gasteiger partial charge in [-0.1, -0.05) is 0 Å². The van der Waals surface area contributed by atoms with Gasteiger partial charge < -0.3 is 5.11 Å². The molecule has 0 aliphatic heterocycles. The highest BCUT2D eigenvalue weighted by Gasteiger charge is 1.98. The van der Waals surface area contributed by atoms with Crippen molar-refractivity contribution in [1.82, 2.24) is 0 Å². The molecule has 0 radical (unpaired) electrons. The molecule has 0 saturated heterocycles. The van der Waals surface area contributed by atoms with Crippen molar-refractivity contribution in [2.24, 2.45) is 0 Å². The van der Waals surface area contributed by atoms with Crippen molar-refractivity contribution >= 4 is 11.8 Å². The predicted molar refractivity (Wildman–Crippen MR) is 18.3 cm³/mol. The van der Waals surface area contributed by atoms with Crippen LogP contribution in [0.3, 0.4) is 0 Å². The zero-order valence-electron chi connectivity index (χ0n) is 3.26. The number of hydrogen-bond donors (Lipinski definition) is 1. The summed E-state index contributed by atoms with van der Waals surface area (Å²) in [6, 6.07) is 0. The third-order valence-corrected chi connectivity index (χ3v) is 0.301. The second kappa shape index (κ2) is 1.55. The molecule has 0 heterocycles. The summed E-state index contributed by atoms with van der Waals surface area (Å²) in [6.45, 7) is 1.00. The Kier molecular flexibility index (Phi) is 1.32. The second-order valence-electron chi connectivity index (χ2n) is 0.861. The van der Waals surface area contributed by atoms with E-state index >= 15 is 0 Å². The van der Waals surface area contributed by atoms with Crippen LogP contribution in [0.2, 0.25) is 0 Å². The maximum Gasteiger partial charge on any atom is 0.371 e. The van der Waals surface area contributed by atoms with E-state index < -0.39 is 11.8 Å². The van der Waals surface area contributed by atoms with Crippen molar-refractivity contribution in [3.05, 3.63) is 0 Å². The van der Waals surface area contributed by atoms with E-state index in [1.165, 1.54) is 0 Å². The average molecular weight is 94.1 g/mol. The highest BCUT2D eigenvalue weighted by atomic mass is 18.3. The molecule has 3 nitrogen and oxygen atoms in total. The highest BCUT2D eigenvalue weighted by Crippen LogP contribution is 1.61. The van der Waals surface area contributed by atoms with E-state index in [1.807, 2.05) is 0 Å². The number of carbonyl (C=O) groups is 2. The van der Waals surface area contributed by atoms with Gasteiger partial charge in [0.05, 0.1) is 0 Å². The Bertz CT molecular complexity index is 72.0. The van der Waals surface area contributed by atoms with Gasteiger partial charge in [0.25, 0.3) is 0 Å². The lowest BCUT2D eigenvalue weighted by Gasteiger charge is -1.73. The number of carbonyl (C=O) groups excluding carboxylic acids is 1. The molecular formula is C3H4O3. The average Bonchev–Trinajstić information content (AvgIpc) is 1.36. The van der Waals surface area contributed by atoms with Crippen molar-refractivity contribution in [2.75, 3.05) is 0 Å². The highest BCUT2D eigenvalue weighted by molar-refractivity contribution is 6.31. The standard InChI is InChI=1S/C3H4O3/c1-2(4)3(5)6/h1H3,(H,5,6)/i4+2,5+2,6+2. The van der Waals surface area contributed by atoms with Crippen molar-refractivity contribution in [3.8, 4) is 0 Å². The summed E-state index contributed by atoms with van der Waals surface area (Å²) < 4.78 is 0. The van der Waals surface area contributed by atoms with E-state index in [4.69, 9.17) is 5.11 Å². The van der Waals surface area contributed by atoms with Gasteiger partial charge in [-0.15, -0.1) is 0 Å². The van der Waals surface area contributed by atoms with Crippen LogP contribution < -0.4 is 0 Å². The number of Topliss-reactive ketones (excluding diaryl/α,β-unsaturated/α-hetero) is 1. The van der Waals surface area contributed by atoms with Crippen LogP contribution in [-0.4, -0.2) is 16.9 Å². The van der Waals surface area contributed by atoms with E-state index in [9.17, 15) is 9.59 Å². The molecule has 0 fully saturated rings. The molecule has 0 unspecified atom stereocenters. The summed E-state index contributed by atoms with van der Waals surface area (Å²) >= 11 is 0. The Balaban J connectivity index is 3.57. The van der Waals surface area contributed by atoms with Crippen LogP contribution >= 0.6 is 0 Å². The van der Waals surface area contributed by atoms with Gasteiger partial charge in [0.1, 0.15) is 0 Å². The number of carboxylic acid groups (broad SMARTS) is 1. The summed E-state index contributed by atoms with van der Waals surface area (Å²) in [6.07, 6.45) is 0. The van der Waals surface area contributed by atoms with Crippen LogP contribution in [0.4, 0.5) is 0 Å². The molecule has 0 aromatic heterocycles. The van der Waals surface area contributed by atoms with Gasteiger partial charge in [-0.3, -0.25) is 4.79 Å². The van der Waals surface area contributed by atoms with Crippen molar-refractivity contribution < 1.29 is 14.7 Å². The SMILES string of the molecule is CC(=[18O])C(=[18O])[18OH]. The Morgan fingerprint density at radius 2 is 1.67 bits per heavy atom. The first-order chi connectivity index (χ1) is 2.64. The van der Waals surface area contributed by atoms with E-state index in [1.54, 1.807) is 0 Å². The van der Waals surface area contributed by atoms with Crippen LogP contribution in [0.1, 0.15) is 6.92 Å². The minimum absolute atomic E-state index is 0.824. The lowest BCUT2D eigenvalue weighted by atomic mass is 10.5. The number of hydrogen-bond acceptors (Lipinski definition) is 2. The molecule has 6 heavy (non-hydrogen) atoms. The Morgan fingerprint density at radius 3 is 1.67 bits per heavy atom. The van der Waals surface area contributed by atoms with Gasteiger partial charge in [-0.2, -0.15) is 0 Å². The fourth-order valence-electron chi connectivity index (χ4n) is 0. The van der Waals surface area contributed by atoms with Crippen LogP contribution in [0.25, 0.3) is 0 Å². The molecular weight excluding hydrogens is 90.0 g/mol. The molecule has 0 aliphatic rings. The second-order valence-corrected chi connectivity index (χ2v) is 0.861. The lowest BCUT2D eigenvalue weighted by molar-refractivity contribution is -0.148. The molecule has 0 saturated carbocycles. The van der Waals surface area contributed by atoms with Crippen LogP contribution in [0.5, 0.6) is 0 Å². The summed E-state index contributed by atoms with van der Waals surface area (Å²) in [5.74, 6) is -2.20. The molecule has 1 N–H and O–H groups in total. The largest absolute Gasteiger partial charge is 0.476 e. The van der Waals surface area contributed by atoms with Crippen molar-refractivity contribution in [2.45, 2.75) is 6.92 Å². The third kappa shape index (κ3) is 1.46. The number of rotatable bonds is 1. The molecule has 0 aliphatic carbocycles. The number of carboxylic acids is 1. The molecule has 0 rings (SSSR count). The van der Waals surface area contributed by atoms with E-state index in [2.05, 4.69) is 0 Å². The summed E-state index contributed by atoms with van der Waals surface area (Å²) in [4.78, 5) is 18.9. The monoisotopic (exact) mass is 94.0 g/mol. The van der Waals surface area contributed by atoms with E-state index in [0.29, 0.717) is 0 Å². The number of aliphatic carboxylic acids is 1. The van der Waals surface area contributed by atoms with Gasteiger partial charge >= 0.3 is 5.97 Å². The number of ketones is 1. The Hall–Kier alpha value is -0.860. The summed E-state index contributed by atoms with van der Waals surface area (Å²) in [5, 5.41) is 7.64. The summed E-state index contributed by atoms with van der Waals surface area (Å²) in [5.41, 5.74) is 0. The predicted octanol–water partition coefficient (Wildman–Crippen LogP) is -0.340. The summed E-state index contributed by atoms with van der Waals surface area (Å²) in [7, 11) is 0. The van der Waals surface area contributed by atoms with Crippen molar-refractivity contribution in [3.63, 3.8) is 0 Å². The van der Waals surface area contributed by atoms with E-state index in [0.717, 1.165) is 6.92 Å². The smallest absolute Gasteiger partial charge is 0.371 e. The van der Waals surface area contributed by atoms with Gasteiger partial charge in [-0.05, 0) is 0 Å². The molecule has 0 bridgehead atoms. The van der Waals surface area contributed by atoms with Gasteiger partial charge in [0, 0.05) is 6.92 Å². The third-order valence-electron chi connectivity index (χ3n) is 0.301. The minimum Gasteiger partial charge on any atom is -0.476 e. The topological polar surface area (TPSA) is 54.4 Å². The zero-order chi connectivity index (χ0) is 5.15. The van der Waals surface area contributed by atoms with E-state index in [-0.39, 0.29) is 0 Å². The fraction of sp³-hybridized carbons (Fsp3) is 0.333. The normalized spacial score (nSPS) is 7.50. The Labute approximate surface area is 34.6 Å². The molecule has 0 amide bonds. The molecule has 0 atom stereocenters. The maximum absolute atomic E-state index is 9.54. The van der Waals surface area contributed by atoms with Gasteiger partial charge in [-0.25, -0.2) is 4.79 Å². The molecule has 0 spiro atoms. The van der Waals surface area contributed by atoms with Crippen LogP contribution in [0, 0.1) is 0 Å². The Morgan fingerprint density at radius 1 is 1.50 bits per heavy atom. The van der Waals surface area contributed by atoms with Crippen LogP contribution in [0.15, 0.2) is 0 Å². The molecule has 0 aromatic rings. The van der Waals surface area contributed by atoms with Crippen LogP contribution in [-0.2, 0) is 9.59 Å². The lowest BCUT2D eigenvalue weighted by Crippen LogP contribution is -2.05. The van der Waals surface area contributed by atoms with Gasteiger partial charge in [0.2, 0.25) is 5.78 Å². The van der Waals surface area contributed by atoms with Gasteiger partial charge in [0.15, 0.2) is 0 Å². The zero-order valence-corrected chi connectivity index (χ0v) is 3.26.